The van der Waals surface area contributed by atoms with E-state index < -0.39 is 11.9 Å². The first kappa shape index (κ1) is 17.0. The van der Waals surface area contributed by atoms with Gasteiger partial charge in [0.25, 0.3) is 0 Å². The topological polar surface area (TPSA) is 49.8 Å². The van der Waals surface area contributed by atoms with Gasteiger partial charge in [-0.1, -0.05) is 12.1 Å². The summed E-state index contributed by atoms with van der Waals surface area (Å²) >= 11 is 0. The highest BCUT2D eigenvalue weighted by Gasteiger charge is 2.33. The van der Waals surface area contributed by atoms with Gasteiger partial charge in [0.15, 0.2) is 5.69 Å². The fraction of sp³-hybridized carbons (Fsp3) is 0.333. The molecule has 0 unspecified atom stereocenters. The molecule has 0 atom stereocenters. The Morgan fingerprint density at radius 1 is 1.09 bits per heavy atom. The van der Waals surface area contributed by atoms with Crippen molar-refractivity contribution in [1.29, 1.82) is 0 Å². The molecule has 1 heterocycles. The van der Waals surface area contributed by atoms with Crippen molar-refractivity contribution in [2.24, 2.45) is 0 Å². The standard InChI is InChI=1S/C15H16F4N4/c1-9(2)21-14-22-12(15(17,18)19)7-13(23-14)20-8-10-3-5-11(16)6-4-10/h3-7,9H,8H2,1-2H3,(H2,20,21,22,23). The van der Waals surface area contributed by atoms with Gasteiger partial charge in [-0.05, 0) is 31.5 Å². The van der Waals surface area contributed by atoms with Crippen molar-refractivity contribution in [2.45, 2.75) is 32.6 Å². The summed E-state index contributed by atoms with van der Waals surface area (Å²) in [6.45, 7) is 3.76. The minimum atomic E-state index is -4.57. The fourth-order valence-corrected chi connectivity index (χ4v) is 1.80. The molecule has 2 N–H and O–H groups in total. The van der Waals surface area contributed by atoms with Gasteiger partial charge in [0, 0.05) is 18.7 Å². The lowest BCUT2D eigenvalue weighted by Gasteiger charge is -2.14. The van der Waals surface area contributed by atoms with E-state index in [9.17, 15) is 17.6 Å². The molecule has 0 radical (unpaired) electrons. The van der Waals surface area contributed by atoms with Gasteiger partial charge < -0.3 is 10.6 Å². The van der Waals surface area contributed by atoms with Crippen LogP contribution in [0.5, 0.6) is 0 Å². The van der Waals surface area contributed by atoms with Crippen LogP contribution in [0.1, 0.15) is 25.1 Å². The Morgan fingerprint density at radius 2 is 1.74 bits per heavy atom. The highest BCUT2D eigenvalue weighted by Crippen LogP contribution is 2.29. The van der Waals surface area contributed by atoms with E-state index in [0.717, 1.165) is 11.6 Å². The van der Waals surface area contributed by atoms with Crippen molar-refractivity contribution in [1.82, 2.24) is 9.97 Å². The zero-order chi connectivity index (χ0) is 17.0. The van der Waals surface area contributed by atoms with Crippen LogP contribution in [-0.4, -0.2) is 16.0 Å². The van der Waals surface area contributed by atoms with Crippen molar-refractivity contribution >= 4 is 11.8 Å². The summed E-state index contributed by atoms with van der Waals surface area (Å²) in [5.74, 6) is -0.435. The predicted molar refractivity (Wildman–Crippen MR) is 79.5 cm³/mol. The van der Waals surface area contributed by atoms with Crippen molar-refractivity contribution in [3.8, 4) is 0 Å². The average Bonchev–Trinajstić information content (AvgIpc) is 2.45. The number of rotatable bonds is 5. The molecule has 8 heteroatoms. The molecule has 0 saturated heterocycles. The van der Waals surface area contributed by atoms with Crippen LogP contribution in [0, 0.1) is 5.82 Å². The van der Waals surface area contributed by atoms with E-state index >= 15 is 0 Å². The van der Waals surface area contributed by atoms with Gasteiger partial charge in [0.2, 0.25) is 5.95 Å². The van der Waals surface area contributed by atoms with Crippen LogP contribution in [0.25, 0.3) is 0 Å². The minimum absolute atomic E-state index is 0.0415. The molecular formula is C15H16F4N4. The molecule has 0 aliphatic carbocycles. The first-order valence-corrected chi connectivity index (χ1v) is 6.95. The third kappa shape index (κ3) is 5.08. The molecule has 4 nitrogen and oxygen atoms in total. The van der Waals surface area contributed by atoms with Crippen molar-refractivity contribution < 1.29 is 17.6 Å². The smallest absolute Gasteiger partial charge is 0.366 e. The van der Waals surface area contributed by atoms with Gasteiger partial charge in [0.1, 0.15) is 11.6 Å². The third-order valence-electron chi connectivity index (χ3n) is 2.82. The maximum atomic E-state index is 12.9. The Hall–Kier alpha value is -2.38. The third-order valence-corrected chi connectivity index (χ3v) is 2.82. The lowest BCUT2D eigenvalue weighted by Crippen LogP contribution is -2.17. The van der Waals surface area contributed by atoms with Gasteiger partial charge in [-0.25, -0.2) is 9.37 Å². The van der Waals surface area contributed by atoms with Gasteiger partial charge in [0.05, 0.1) is 0 Å². The van der Waals surface area contributed by atoms with Gasteiger partial charge >= 0.3 is 6.18 Å². The summed E-state index contributed by atoms with van der Waals surface area (Å²) in [6, 6.07) is 6.38. The van der Waals surface area contributed by atoms with E-state index in [-0.39, 0.29) is 30.2 Å². The fourth-order valence-electron chi connectivity index (χ4n) is 1.80. The molecule has 0 bridgehead atoms. The van der Waals surface area contributed by atoms with Gasteiger partial charge in [-0.2, -0.15) is 18.2 Å². The highest BCUT2D eigenvalue weighted by molar-refractivity contribution is 5.44. The van der Waals surface area contributed by atoms with E-state index in [1.165, 1.54) is 12.1 Å². The second-order valence-corrected chi connectivity index (χ2v) is 5.24. The van der Waals surface area contributed by atoms with Crippen LogP contribution in [0.3, 0.4) is 0 Å². The van der Waals surface area contributed by atoms with Crippen LogP contribution in [0.4, 0.5) is 29.3 Å². The summed E-state index contributed by atoms with van der Waals surface area (Å²) in [5, 5.41) is 5.54. The number of aromatic nitrogens is 2. The average molecular weight is 328 g/mol. The van der Waals surface area contributed by atoms with E-state index in [0.29, 0.717) is 0 Å². The lowest BCUT2D eigenvalue weighted by molar-refractivity contribution is -0.141. The molecule has 2 rings (SSSR count). The number of nitrogens with one attached hydrogen (secondary N) is 2. The molecule has 1 aromatic heterocycles. The Kier molecular flexibility index (Phi) is 5.02. The maximum Gasteiger partial charge on any atom is 0.433 e. The number of alkyl halides is 3. The summed E-state index contributed by atoms with van der Waals surface area (Å²) in [4.78, 5) is 7.49. The highest BCUT2D eigenvalue weighted by atomic mass is 19.4. The van der Waals surface area contributed by atoms with Crippen LogP contribution < -0.4 is 10.6 Å². The molecule has 124 valence electrons. The number of hydrogen-bond acceptors (Lipinski definition) is 4. The normalized spacial score (nSPS) is 11.6. The number of benzene rings is 1. The summed E-state index contributed by atoms with van der Waals surface area (Å²) in [5.41, 5.74) is -0.311. The van der Waals surface area contributed by atoms with E-state index in [1.54, 1.807) is 26.0 Å². The second kappa shape index (κ2) is 6.80. The minimum Gasteiger partial charge on any atom is -0.366 e. The van der Waals surface area contributed by atoms with Crippen LogP contribution >= 0.6 is 0 Å². The zero-order valence-corrected chi connectivity index (χ0v) is 12.6. The molecule has 0 spiro atoms. The second-order valence-electron chi connectivity index (χ2n) is 5.24. The Bertz CT molecular complexity index is 654. The zero-order valence-electron chi connectivity index (χ0n) is 12.6. The van der Waals surface area contributed by atoms with Crippen molar-refractivity contribution in [3.63, 3.8) is 0 Å². The predicted octanol–water partition coefficient (Wildman–Crippen LogP) is 4.07. The maximum absolute atomic E-state index is 12.9. The number of hydrogen-bond donors (Lipinski definition) is 2. The Balaban J connectivity index is 2.20. The quantitative estimate of drug-likeness (QED) is 0.813. The molecule has 0 aliphatic heterocycles. The largest absolute Gasteiger partial charge is 0.433 e. The first-order chi connectivity index (χ1) is 10.7. The Labute approximate surface area is 131 Å². The molecule has 0 fully saturated rings. The van der Waals surface area contributed by atoms with E-state index in [4.69, 9.17) is 0 Å². The molecule has 2 aromatic rings. The first-order valence-electron chi connectivity index (χ1n) is 6.95. The molecular weight excluding hydrogens is 312 g/mol. The van der Waals surface area contributed by atoms with Crippen LogP contribution in [0.2, 0.25) is 0 Å². The number of anilines is 2. The SMILES string of the molecule is CC(C)Nc1nc(NCc2ccc(F)cc2)cc(C(F)(F)F)n1. The molecule has 0 amide bonds. The molecule has 1 aromatic carbocycles. The molecule has 0 aliphatic rings. The number of nitrogens with zero attached hydrogens (tertiary/aromatic N) is 2. The summed E-state index contributed by atoms with van der Waals surface area (Å²) < 4.78 is 51.6. The van der Waals surface area contributed by atoms with E-state index in [2.05, 4.69) is 20.6 Å². The van der Waals surface area contributed by atoms with Gasteiger partial charge in [-0.3, -0.25) is 0 Å². The van der Waals surface area contributed by atoms with E-state index in [1.807, 2.05) is 0 Å². The van der Waals surface area contributed by atoms with Crippen LogP contribution in [-0.2, 0) is 12.7 Å². The monoisotopic (exact) mass is 328 g/mol. The van der Waals surface area contributed by atoms with Gasteiger partial charge in [-0.15, -0.1) is 0 Å². The lowest BCUT2D eigenvalue weighted by atomic mass is 10.2. The van der Waals surface area contributed by atoms with Crippen LogP contribution in [0.15, 0.2) is 30.3 Å². The summed E-state index contributed by atoms with van der Waals surface area (Å²) in [6.07, 6.45) is -4.57. The molecule has 0 saturated carbocycles. The number of halogens is 4. The Morgan fingerprint density at radius 3 is 2.30 bits per heavy atom. The molecule has 23 heavy (non-hydrogen) atoms. The van der Waals surface area contributed by atoms with Crippen molar-refractivity contribution in [2.75, 3.05) is 10.6 Å². The summed E-state index contributed by atoms with van der Waals surface area (Å²) in [7, 11) is 0. The van der Waals surface area contributed by atoms with Crippen molar-refractivity contribution in [3.05, 3.63) is 47.4 Å².